The van der Waals surface area contributed by atoms with Crippen molar-refractivity contribution in [3.05, 3.63) is 47.9 Å². The highest BCUT2D eigenvalue weighted by Crippen LogP contribution is 2.23. The number of rotatable bonds is 6. The molecule has 0 radical (unpaired) electrons. The number of nitrogens with one attached hydrogen (secondary N) is 1. The predicted octanol–water partition coefficient (Wildman–Crippen LogP) is 3.44. The number of benzene rings is 1. The van der Waals surface area contributed by atoms with Gasteiger partial charge in [0.05, 0.1) is 11.9 Å². The Balaban J connectivity index is 2.24. The molecule has 0 fully saturated rings. The second-order valence-electron chi connectivity index (χ2n) is 5.49. The summed E-state index contributed by atoms with van der Waals surface area (Å²) in [5, 5.41) is 3.37. The number of hydrogen-bond acceptors (Lipinski definition) is 4. The van der Waals surface area contributed by atoms with Gasteiger partial charge >= 0.3 is 0 Å². The summed E-state index contributed by atoms with van der Waals surface area (Å²) in [6, 6.07) is 8.90. The zero-order chi connectivity index (χ0) is 15.2. The lowest BCUT2D eigenvalue weighted by Crippen LogP contribution is -2.23. The maximum Gasteiger partial charge on any atom is 0.151 e. The van der Waals surface area contributed by atoms with Gasteiger partial charge in [-0.2, -0.15) is 0 Å². The Bertz CT molecular complexity index is 581. The maximum atomic E-state index is 4.72. The normalized spacial score (nSPS) is 10.9. The third-order valence-corrected chi connectivity index (χ3v) is 3.27. The summed E-state index contributed by atoms with van der Waals surface area (Å²) in [6.07, 6.45) is 3.65. The zero-order valence-electron chi connectivity index (χ0n) is 13.3. The molecule has 1 N–H and O–H groups in total. The van der Waals surface area contributed by atoms with E-state index in [9.17, 15) is 0 Å². The fourth-order valence-electron chi connectivity index (χ4n) is 2.19. The molecule has 1 aromatic heterocycles. The molecule has 0 saturated heterocycles. The Morgan fingerprint density at radius 1 is 1.24 bits per heavy atom. The Morgan fingerprint density at radius 2 is 2.05 bits per heavy atom. The van der Waals surface area contributed by atoms with E-state index in [1.807, 2.05) is 12.4 Å². The van der Waals surface area contributed by atoms with Crippen molar-refractivity contribution in [2.75, 3.05) is 11.4 Å². The van der Waals surface area contributed by atoms with Gasteiger partial charge in [0.2, 0.25) is 0 Å². The van der Waals surface area contributed by atoms with Gasteiger partial charge in [-0.3, -0.25) is 4.98 Å². The molecule has 2 rings (SSSR count). The van der Waals surface area contributed by atoms with Crippen molar-refractivity contribution in [2.45, 2.75) is 40.3 Å². The van der Waals surface area contributed by atoms with E-state index in [0.717, 1.165) is 30.3 Å². The van der Waals surface area contributed by atoms with Gasteiger partial charge in [0.1, 0.15) is 0 Å². The van der Waals surface area contributed by atoms with Crippen LogP contribution < -0.4 is 10.2 Å². The first-order valence-corrected chi connectivity index (χ1v) is 7.48. The minimum absolute atomic E-state index is 0.439. The summed E-state index contributed by atoms with van der Waals surface area (Å²) < 4.78 is 0. The highest BCUT2D eigenvalue weighted by molar-refractivity contribution is 5.59. The topological polar surface area (TPSA) is 41.1 Å². The van der Waals surface area contributed by atoms with E-state index in [1.165, 1.54) is 5.56 Å². The molecule has 0 unspecified atom stereocenters. The lowest BCUT2D eigenvalue weighted by Gasteiger charge is -2.22. The average Bonchev–Trinajstić information content (AvgIpc) is 2.46. The Hall–Kier alpha value is -1.94. The average molecular weight is 284 g/mol. The Kier molecular flexibility index (Phi) is 5.28. The van der Waals surface area contributed by atoms with Gasteiger partial charge in [-0.15, -0.1) is 0 Å². The van der Waals surface area contributed by atoms with Gasteiger partial charge < -0.3 is 10.2 Å². The molecule has 0 atom stereocenters. The van der Waals surface area contributed by atoms with E-state index in [1.54, 1.807) is 0 Å². The molecule has 0 aliphatic carbocycles. The molecule has 0 spiro atoms. The summed E-state index contributed by atoms with van der Waals surface area (Å²) >= 11 is 0. The quantitative estimate of drug-likeness (QED) is 0.882. The second kappa shape index (κ2) is 7.18. The van der Waals surface area contributed by atoms with Crippen LogP contribution in [0.5, 0.6) is 0 Å². The van der Waals surface area contributed by atoms with Gasteiger partial charge in [-0.25, -0.2) is 4.98 Å². The van der Waals surface area contributed by atoms with E-state index in [2.05, 4.69) is 67.2 Å². The summed E-state index contributed by atoms with van der Waals surface area (Å²) in [4.78, 5) is 11.2. The standard InChI is InChI=1S/C17H24N4/c1-5-21(16-8-6-7-14(4)9-16)17-12-18-10-15(20-17)11-19-13(2)3/h6-10,12-13,19H,5,11H2,1-4H3. The predicted molar refractivity (Wildman–Crippen MR) is 87.9 cm³/mol. The summed E-state index contributed by atoms with van der Waals surface area (Å²) in [6.45, 7) is 10.1. The molecule has 0 aliphatic rings. The SMILES string of the molecule is CCN(c1cccc(C)c1)c1cncc(CNC(C)C)n1. The minimum Gasteiger partial charge on any atom is -0.325 e. The first-order chi connectivity index (χ1) is 10.1. The van der Waals surface area contributed by atoms with Gasteiger partial charge in [-0.05, 0) is 31.5 Å². The van der Waals surface area contributed by atoms with E-state index >= 15 is 0 Å². The molecule has 1 heterocycles. The number of aryl methyl sites for hydroxylation is 1. The van der Waals surface area contributed by atoms with E-state index in [0.29, 0.717) is 6.04 Å². The molecule has 0 saturated carbocycles. The van der Waals surface area contributed by atoms with Crippen molar-refractivity contribution in [3.63, 3.8) is 0 Å². The molecule has 2 aromatic rings. The summed E-state index contributed by atoms with van der Waals surface area (Å²) in [5.74, 6) is 0.895. The first kappa shape index (κ1) is 15.4. The Morgan fingerprint density at radius 3 is 2.71 bits per heavy atom. The van der Waals surface area contributed by atoms with E-state index < -0.39 is 0 Å². The fourth-order valence-corrected chi connectivity index (χ4v) is 2.19. The van der Waals surface area contributed by atoms with Gasteiger partial charge in [0.25, 0.3) is 0 Å². The van der Waals surface area contributed by atoms with Crippen molar-refractivity contribution >= 4 is 11.5 Å². The van der Waals surface area contributed by atoms with Gasteiger partial charge in [-0.1, -0.05) is 26.0 Å². The maximum absolute atomic E-state index is 4.72. The highest BCUT2D eigenvalue weighted by Gasteiger charge is 2.10. The highest BCUT2D eigenvalue weighted by atomic mass is 15.2. The van der Waals surface area contributed by atoms with Crippen molar-refractivity contribution in [2.24, 2.45) is 0 Å². The van der Waals surface area contributed by atoms with Crippen LogP contribution in [0.3, 0.4) is 0 Å². The van der Waals surface area contributed by atoms with Crippen LogP contribution in [0.2, 0.25) is 0 Å². The number of anilines is 2. The van der Waals surface area contributed by atoms with Crippen LogP contribution in [-0.4, -0.2) is 22.6 Å². The molecule has 0 amide bonds. The molecular weight excluding hydrogens is 260 g/mol. The van der Waals surface area contributed by atoms with Gasteiger partial charge in [0, 0.05) is 31.0 Å². The molecule has 1 aromatic carbocycles. The molecule has 21 heavy (non-hydrogen) atoms. The molecule has 0 bridgehead atoms. The number of nitrogens with zero attached hydrogens (tertiary/aromatic N) is 3. The fraction of sp³-hybridized carbons (Fsp3) is 0.412. The van der Waals surface area contributed by atoms with Crippen LogP contribution >= 0.6 is 0 Å². The van der Waals surface area contributed by atoms with Crippen LogP contribution in [0.4, 0.5) is 11.5 Å². The zero-order valence-corrected chi connectivity index (χ0v) is 13.3. The van der Waals surface area contributed by atoms with Crippen LogP contribution in [0.1, 0.15) is 32.0 Å². The summed E-state index contributed by atoms with van der Waals surface area (Å²) in [7, 11) is 0. The van der Waals surface area contributed by atoms with Crippen LogP contribution in [0.25, 0.3) is 0 Å². The Labute approximate surface area is 127 Å². The lowest BCUT2D eigenvalue weighted by atomic mass is 10.2. The van der Waals surface area contributed by atoms with Gasteiger partial charge in [0.15, 0.2) is 5.82 Å². The minimum atomic E-state index is 0.439. The third kappa shape index (κ3) is 4.26. The van der Waals surface area contributed by atoms with E-state index in [4.69, 9.17) is 4.98 Å². The molecule has 0 aliphatic heterocycles. The third-order valence-electron chi connectivity index (χ3n) is 3.27. The van der Waals surface area contributed by atoms with Crippen molar-refractivity contribution in [1.29, 1.82) is 0 Å². The summed E-state index contributed by atoms with van der Waals surface area (Å²) in [5.41, 5.74) is 3.37. The molecular formula is C17H24N4. The van der Waals surface area contributed by atoms with Crippen LogP contribution in [-0.2, 0) is 6.54 Å². The largest absolute Gasteiger partial charge is 0.325 e. The van der Waals surface area contributed by atoms with Crippen molar-refractivity contribution in [1.82, 2.24) is 15.3 Å². The molecule has 112 valence electrons. The van der Waals surface area contributed by atoms with E-state index in [-0.39, 0.29) is 0 Å². The number of hydrogen-bond donors (Lipinski definition) is 1. The molecule has 4 heteroatoms. The van der Waals surface area contributed by atoms with Crippen LogP contribution in [0.15, 0.2) is 36.7 Å². The van der Waals surface area contributed by atoms with Crippen LogP contribution in [0, 0.1) is 6.92 Å². The first-order valence-electron chi connectivity index (χ1n) is 7.48. The number of aromatic nitrogens is 2. The van der Waals surface area contributed by atoms with Crippen molar-refractivity contribution in [3.8, 4) is 0 Å². The van der Waals surface area contributed by atoms with Crippen molar-refractivity contribution < 1.29 is 0 Å². The molecule has 4 nitrogen and oxygen atoms in total. The second-order valence-corrected chi connectivity index (χ2v) is 5.49. The smallest absolute Gasteiger partial charge is 0.151 e. The lowest BCUT2D eigenvalue weighted by molar-refractivity contribution is 0.580. The monoisotopic (exact) mass is 284 g/mol.